The van der Waals surface area contributed by atoms with Crippen LogP contribution in [-0.2, 0) is 4.79 Å². The van der Waals surface area contributed by atoms with Gasteiger partial charge in [0.25, 0.3) is 0 Å². The third kappa shape index (κ3) is 4.81. The summed E-state index contributed by atoms with van der Waals surface area (Å²) < 4.78 is 0. The Labute approximate surface area is 103 Å². The van der Waals surface area contributed by atoms with Crippen molar-refractivity contribution in [2.24, 2.45) is 0 Å². The zero-order valence-corrected chi connectivity index (χ0v) is 10.6. The van der Waals surface area contributed by atoms with Gasteiger partial charge in [0.15, 0.2) is 0 Å². The summed E-state index contributed by atoms with van der Waals surface area (Å²) in [7, 11) is 0. The summed E-state index contributed by atoms with van der Waals surface area (Å²) in [6, 6.07) is 3.79. The second kappa shape index (κ2) is 7.60. The van der Waals surface area contributed by atoms with Crippen LogP contribution in [0.5, 0.6) is 0 Å². The van der Waals surface area contributed by atoms with Crippen LogP contribution in [0.2, 0.25) is 0 Å². The van der Waals surface area contributed by atoms with Crippen molar-refractivity contribution in [3.8, 4) is 0 Å². The summed E-state index contributed by atoms with van der Waals surface area (Å²) in [5.41, 5.74) is 0.953. The number of nitrogens with zero attached hydrogens (tertiary/aromatic N) is 2. The predicted molar refractivity (Wildman–Crippen MR) is 70.4 cm³/mol. The molecular formula is C14H20N2O. The second-order valence-corrected chi connectivity index (χ2v) is 3.94. The van der Waals surface area contributed by atoms with E-state index in [2.05, 4.69) is 18.8 Å². The third-order valence-corrected chi connectivity index (χ3v) is 2.40. The number of hydrogen-bond acceptors (Lipinski definition) is 2. The van der Waals surface area contributed by atoms with Gasteiger partial charge in [-0.3, -0.25) is 9.78 Å². The SMILES string of the molecule is CCCN(CCC)C(=O)/C=C/c1cccnc1. The van der Waals surface area contributed by atoms with E-state index in [-0.39, 0.29) is 5.91 Å². The first-order chi connectivity index (χ1) is 8.27. The minimum Gasteiger partial charge on any atom is -0.339 e. The Balaban J connectivity index is 2.60. The third-order valence-electron chi connectivity index (χ3n) is 2.40. The second-order valence-electron chi connectivity index (χ2n) is 3.94. The van der Waals surface area contributed by atoms with Crippen LogP contribution in [0.4, 0.5) is 0 Å². The molecule has 0 N–H and O–H groups in total. The van der Waals surface area contributed by atoms with E-state index in [4.69, 9.17) is 0 Å². The van der Waals surface area contributed by atoms with E-state index in [1.807, 2.05) is 23.1 Å². The average molecular weight is 232 g/mol. The van der Waals surface area contributed by atoms with Gasteiger partial charge in [-0.15, -0.1) is 0 Å². The standard InChI is InChI=1S/C14H20N2O/c1-3-10-16(11-4-2)14(17)8-7-13-6-5-9-15-12-13/h5-9,12H,3-4,10-11H2,1-2H3/b8-7+. The fraction of sp³-hybridized carbons (Fsp3) is 0.429. The van der Waals surface area contributed by atoms with Gasteiger partial charge in [-0.05, 0) is 30.5 Å². The molecule has 0 aliphatic heterocycles. The minimum atomic E-state index is 0.0811. The monoisotopic (exact) mass is 232 g/mol. The minimum absolute atomic E-state index is 0.0811. The molecule has 1 aromatic heterocycles. The number of carbonyl (C=O) groups is 1. The highest BCUT2D eigenvalue weighted by molar-refractivity contribution is 5.91. The van der Waals surface area contributed by atoms with Crippen molar-refractivity contribution in [1.29, 1.82) is 0 Å². The van der Waals surface area contributed by atoms with Crippen LogP contribution in [0, 0.1) is 0 Å². The van der Waals surface area contributed by atoms with Crippen molar-refractivity contribution in [2.45, 2.75) is 26.7 Å². The van der Waals surface area contributed by atoms with Crippen LogP contribution in [0.25, 0.3) is 6.08 Å². The molecule has 0 atom stereocenters. The highest BCUT2D eigenvalue weighted by Gasteiger charge is 2.07. The van der Waals surface area contributed by atoms with Crippen LogP contribution in [0.3, 0.4) is 0 Å². The molecule has 0 bridgehead atoms. The zero-order valence-electron chi connectivity index (χ0n) is 10.6. The summed E-state index contributed by atoms with van der Waals surface area (Å²) in [4.78, 5) is 17.8. The number of aromatic nitrogens is 1. The van der Waals surface area contributed by atoms with E-state index in [0.29, 0.717) is 0 Å². The first-order valence-electron chi connectivity index (χ1n) is 6.15. The Morgan fingerprint density at radius 3 is 2.59 bits per heavy atom. The van der Waals surface area contributed by atoms with Gasteiger partial charge in [-0.2, -0.15) is 0 Å². The number of pyridine rings is 1. The smallest absolute Gasteiger partial charge is 0.246 e. The molecule has 1 amide bonds. The van der Waals surface area contributed by atoms with Crippen molar-refractivity contribution < 1.29 is 4.79 Å². The molecule has 0 spiro atoms. The maximum absolute atomic E-state index is 11.9. The highest BCUT2D eigenvalue weighted by atomic mass is 16.2. The van der Waals surface area contributed by atoms with Crippen molar-refractivity contribution in [2.75, 3.05) is 13.1 Å². The number of amides is 1. The van der Waals surface area contributed by atoms with Crippen molar-refractivity contribution in [3.63, 3.8) is 0 Å². The van der Waals surface area contributed by atoms with Crippen molar-refractivity contribution in [3.05, 3.63) is 36.2 Å². The topological polar surface area (TPSA) is 33.2 Å². The molecule has 0 unspecified atom stereocenters. The number of carbonyl (C=O) groups excluding carboxylic acids is 1. The molecule has 0 aliphatic rings. The number of hydrogen-bond donors (Lipinski definition) is 0. The van der Waals surface area contributed by atoms with Gasteiger partial charge in [-0.1, -0.05) is 19.9 Å². The molecule has 0 aromatic carbocycles. The lowest BCUT2D eigenvalue weighted by molar-refractivity contribution is -0.126. The molecule has 92 valence electrons. The van der Waals surface area contributed by atoms with Gasteiger partial charge in [0, 0.05) is 31.6 Å². The van der Waals surface area contributed by atoms with Crippen molar-refractivity contribution >= 4 is 12.0 Å². The van der Waals surface area contributed by atoms with E-state index in [1.54, 1.807) is 18.5 Å². The van der Waals surface area contributed by atoms with Gasteiger partial charge < -0.3 is 4.90 Å². The molecule has 0 saturated carbocycles. The fourth-order valence-corrected chi connectivity index (χ4v) is 1.62. The Morgan fingerprint density at radius 1 is 1.35 bits per heavy atom. The Kier molecular flexibility index (Phi) is 6.00. The zero-order chi connectivity index (χ0) is 12.5. The van der Waals surface area contributed by atoms with E-state index < -0.39 is 0 Å². The van der Waals surface area contributed by atoms with Gasteiger partial charge in [0.05, 0.1) is 0 Å². The van der Waals surface area contributed by atoms with Gasteiger partial charge in [0.1, 0.15) is 0 Å². The largest absolute Gasteiger partial charge is 0.339 e. The van der Waals surface area contributed by atoms with Crippen LogP contribution in [0.1, 0.15) is 32.3 Å². The normalized spacial score (nSPS) is 10.7. The average Bonchev–Trinajstić information content (AvgIpc) is 2.37. The molecule has 3 nitrogen and oxygen atoms in total. The van der Waals surface area contributed by atoms with Crippen LogP contribution >= 0.6 is 0 Å². The molecule has 17 heavy (non-hydrogen) atoms. The molecule has 0 aliphatic carbocycles. The quantitative estimate of drug-likeness (QED) is 0.707. The summed E-state index contributed by atoms with van der Waals surface area (Å²) in [5.74, 6) is 0.0811. The molecule has 1 aromatic rings. The Hall–Kier alpha value is -1.64. The maximum Gasteiger partial charge on any atom is 0.246 e. The van der Waals surface area contributed by atoms with Gasteiger partial charge in [0.2, 0.25) is 5.91 Å². The molecule has 1 rings (SSSR count). The van der Waals surface area contributed by atoms with E-state index in [0.717, 1.165) is 31.5 Å². The lowest BCUT2D eigenvalue weighted by atomic mass is 10.2. The van der Waals surface area contributed by atoms with Gasteiger partial charge >= 0.3 is 0 Å². The van der Waals surface area contributed by atoms with Gasteiger partial charge in [-0.25, -0.2) is 0 Å². The molecule has 1 heterocycles. The lowest BCUT2D eigenvalue weighted by Gasteiger charge is -2.19. The van der Waals surface area contributed by atoms with Crippen LogP contribution in [0.15, 0.2) is 30.6 Å². The highest BCUT2D eigenvalue weighted by Crippen LogP contribution is 2.01. The predicted octanol–water partition coefficient (Wildman–Crippen LogP) is 2.74. The Bertz CT molecular complexity index is 354. The van der Waals surface area contributed by atoms with Crippen LogP contribution < -0.4 is 0 Å². The maximum atomic E-state index is 11.9. The molecule has 3 heteroatoms. The van der Waals surface area contributed by atoms with E-state index >= 15 is 0 Å². The lowest BCUT2D eigenvalue weighted by Crippen LogP contribution is -2.30. The summed E-state index contributed by atoms with van der Waals surface area (Å²) in [6.07, 6.45) is 8.89. The van der Waals surface area contributed by atoms with E-state index in [1.165, 1.54) is 0 Å². The first kappa shape index (κ1) is 13.4. The molecule has 0 radical (unpaired) electrons. The number of rotatable bonds is 6. The first-order valence-corrected chi connectivity index (χ1v) is 6.15. The van der Waals surface area contributed by atoms with Crippen molar-refractivity contribution in [1.82, 2.24) is 9.88 Å². The summed E-state index contributed by atoms with van der Waals surface area (Å²) in [5, 5.41) is 0. The fourth-order valence-electron chi connectivity index (χ4n) is 1.62. The molecule has 0 saturated heterocycles. The molecule has 0 fully saturated rings. The summed E-state index contributed by atoms with van der Waals surface area (Å²) in [6.45, 7) is 5.82. The molecular weight excluding hydrogens is 212 g/mol. The Morgan fingerprint density at radius 2 is 2.06 bits per heavy atom. The summed E-state index contributed by atoms with van der Waals surface area (Å²) >= 11 is 0. The van der Waals surface area contributed by atoms with E-state index in [9.17, 15) is 4.79 Å². The van der Waals surface area contributed by atoms with Crippen LogP contribution in [-0.4, -0.2) is 28.9 Å².